The lowest BCUT2D eigenvalue weighted by molar-refractivity contribution is 0.412. The van der Waals surface area contributed by atoms with Crippen molar-refractivity contribution in [1.82, 2.24) is 19.7 Å². The van der Waals surface area contributed by atoms with Gasteiger partial charge in [0.1, 0.15) is 5.69 Å². The van der Waals surface area contributed by atoms with E-state index in [0.717, 1.165) is 28.1 Å². The van der Waals surface area contributed by atoms with Gasteiger partial charge in [-0.05, 0) is 44.5 Å². The average Bonchev–Trinajstić information content (AvgIpc) is 3.03. The predicted octanol–water partition coefficient (Wildman–Crippen LogP) is 2.64. The number of fused-ring (bicyclic) bond motifs is 1. The van der Waals surface area contributed by atoms with Crippen molar-refractivity contribution in [1.29, 1.82) is 0 Å². The zero-order valence-corrected chi connectivity index (χ0v) is 12.0. The molecule has 2 heterocycles. The molecule has 0 radical (unpaired) electrons. The lowest BCUT2D eigenvalue weighted by Gasteiger charge is -2.24. The number of benzene rings is 1. The molecule has 0 atom stereocenters. The summed E-state index contributed by atoms with van der Waals surface area (Å²) in [6.07, 6.45) is 1.74. The lowest BCUT2D eigenvalue weighted by atomic mass is 10.1. The summed E-state index contributed by atoms with van der Waals surface area (Å²) >= 11 is 0. The van der Waals surface area contributed by atoms with Gasteiger partial charge in [0.15, 0.2) is 5.82 Å². The lowest BCUT2D eigenvalue weighted by Crippen LogP contribution is -2.22. The first-order chi connectivity index (χ1) is 9.50. The van der Waals surface area contributed by atoms with E-state index >= 15 is 0 Å². The summed E-state index contributed by atoms with van der Waals surface area (Å²) in [5.74, 6) is 0.902. The number of rotatable bonds is 2. The molecule has 2 aromatic heterocycles. The minimum atomic E-state index is -0.0700. The van der Waals surface area contributed by atoms with Gasteiger partial charge in [-0.3, -0.25) is 5.10 Å². The van der Waals surface area contributed by atoms with E-state index in [0.29, 0.717) is 6.54 Å². The second-order valence-electron chi connectivity index (χ2n) is 5.94. The zero-order chi connectivity index (χ0) is 14.3. The maximum Gasteiger partial charge on any atom is 0.159 e. The van der Waals surface area contributed by atoms with Crippen molar-refractivity contribution in [2.75, 3.05) is 0 Å². The molecular weight excluding hydrogens is 250 g/mol. The minimum Gasteiger partial charge on any atom is -0.326 e. The molecule has 104 valence electrons. The summed E-state index contributed by atoms with van der Waals surface area (Å²) in [7, 11) is 0. The zero-order valence-electron chi connectivity index (χ0n) is 12.0. The Morgan fingerprint density at radius 1 is 1.25 bits per heavy atom. The summed E-state index contributed by atoms with van der Waals surface area (Å²) in [6, 6.07) is 8.14. The topological polar surface area (TPSA) is 72.5 Å². The number of hydrogen-bond acceptors (Lipinski definition) is 3. The highest BCUT2D eigenvalue weighted by molar-refractivity contribution is 5.81. The summed E-state index contributed by atoms with van der Waals surface area (Å²) in [6.45, 7) is 7.04. The van der Waals surface area contributed by atoms with Gasteiger partial charge < -0.3 is 10.3 Å². The first-order valence-electron chi connectivity index (χ1n) is 6.72. The minimum absolute atomic E-state index is 0.0700. The van der Waals surface area contributed by atoms with Crippen LogP contribution in [0.5, 0.6) is 0 Å². The fourth-order valence-electron chi connectivity index (χ4n) is 2.49. The van der Waals surface area contributed by atoms with Gasteiger partial charge in [0.05, 0.1) is 11.0 Å². The van der Waals surface area contributed by atoms with E-state index in [4.69, 9.17) is 10.7 Å². The van der Waals surface area contributed by atoms with Crippen LogP contribution >= 0.6 is 0 Å². The van der Waals surface area contributed by atoms with Crippen molar-refractivity contribution in [3.63, 3.8) is 0 Å². The summed E-state index contributed by atoms with van der Waals surface area (Å²) in [4.78, 5) is 4.77. The van der Waals surface area contributed by atoms with E-state index < -0.39 is 0 Å². The van der Waals surface area contributed by atoms with Crippen molar-refractivity contribution < 1.29 is 0 Å². The highest BCUT2D eigenvalue weighted by Crippen LogP contribution is 2.30. The van der Waals surface area contributed by atoms with E-state index in [1.54, 1.807) is 6.20 Å². The monoisotopic (exact) mass is 269 g/mol. The maximum atomic E-state index is 5.72. The molecule has 3 aromatic rings. The average molecular weight is 269 g/mol. The van der Waals surface area contributed by atoms with Gasteiger partial charge in [-0.1, -0.05) is 6.07 Å². The molecular formula is C15H19N5. The van der Waals surface area contributed by atoms with E-state index in [1.165, 1.54) is 0 Å². The van der Waals surface area contributed by atoms with Crippen LogP contribution in [0.15, 0.2) is 30.5 Å². The van der Waals surface area contributed by atoms with Gasteiger partial charge in [-0.25, -0.2) is 4.98 Å². The third kappa shape index (κ3) is 2.00. The normalized spacial score (nSPS) is 12.2. The molecule has 0 spiro atoms. The number of nitrogens with one attached hydrogen (secondary N) is 1. The van der Waals surface area contributed by atoms with Crippen molar-refractivity contribution >= 4 is 11.0 Å². The second kappa shape index (κ2) is 4.45. The number of H-pyrrole nitrogens is 1. The molecule has 0 aliphatic carbocycles. The van der Waals surface area contributed by atoms with Crippen molar-refractivity contribution in [3.8, 4) is 11.5 Å². The molecule has 3 rings (SSSR count). The molecule has 0 fully saturated rings. The van der Waals surface area contributed by atoms with Crippen LogP contribution in [0.25, 0.3) is 22.6 Å². The molecule has 0 aliphatic rings. The van der Waals surface area contributed by atoms with E-state index in [1.807, 2.05) is 6.07 Å². The fraction of sp³-hybridized carbons (Fsp3) is 0.333. The Kier molecular flexibility index (Phi) is 2.87. The van der Waals surface area contributed by atoms with Gasteiger partial charge in [0.2, 0.25) is 0 Å². The fourth-order valence-corrected chi connectivity index (χ4v) is 2.49. The molecule has 5 nitrogen and oxygen atoms in total. The smallest absolute Gasteiger partial charge is 0.159 e. The van der Waals surface area contributed by atoms with Crippen LogP contribution in [-0.2, 0) is 12.1 Å². The molecule has 20 heavy (non-hydrogen) atoms. The van der Waals surface area contributed by atoms with Gasteiger partial charge in [-0.15, -0.1) is 0 Å². The van der Waals surface area contributed by atoms with E-state index in [-0.39, 0.29) is 5.54 Å². The molecule has 0 bridgehead atoms. The van der Waals surface area contributed by atoms with E-state index in [9.17, 15) is 0 Å². The van der Waals surface area contributed by atoms with Crippen LogP contribution < -0.4 is 5.73 Å². The van der Waals surface area contributed by atoms with Crippen LogP contribution in [0, 0.1) is 0 Å². The molecule has 0 saturated carbocycles. The Morgan fingerprint density at radius 2 is 2.05 bits per heavy atom. The highest BCUT2D eigenvalue weighted by atomic mass is 15.2. The number of nitrogens with zero attached hydrogens (tertiary/aromatic N) is 3. The number of hydrogen-bond donors (Lipinski definition) is 2. The number of aromatic nitrogens is 4. The van der Waals surface area contributed by atoms with Crippen LogP contribution in [0.1, 0.15) is 26.3 Å². The summed E-state index contributed by atoms with van der Waals surface area (Å²) in [5.41, 5.74) is 9.73. The SMILES string of the molecule is CC(C)(C)n1c(-c2ccn[nH]2)nc2cc(CN)ccc21. The third-order valence-corrected chi connectivity index (χ3v) is 3.37. The summed E-state index contributed by atoms with van der Waals surface area (Å²) < 4.78 is 2.23. The van der Waals surface area contributed by atoms with Crippen LogP contribution in [-0.4, -0.2) is 19.7 Å². The van der Waals surface area contributed by atoms with Crippen molar-refractivity contribution in [3.05, 3.63) is 36.0 Å². The predicted molar refractivity (Wildman–Crippen MR) is 80.2 cm³/mol. The number of aromatic amines is 1. The number of imidazole rings is 1. The quantitative estimate of drug-likeness (QED) is 0.751. The van der Waals surface area contributed by atoms with Crippen LogP contribution in [0.4, 0.5) is 0 Å². The van der Waals surface area contributed by atoms with Gasteiger partial charge in [0.25, 0.3) is 0 Å². The van der Waals surface area contributed by atoms with Crippen LogP contribution in [0.3, 0.4) is 0 Å². The largest absolute Gasteiger partial charge is 0.326 e. The highest BCUT2D eigenvalue weighted by Gasteiger charge is 2.23. The Bertz CT molecular complexity index is 732. The molecule has 0 unspecified atom stereocenters. The number of nitrogens with two attached hydrogens (primary N) is 1. The first-order valence-corrected chi connectivity index (χ1v) is 6.72. The third-order valence-electron chi connectivity index (χ3n) is 3.37. The van der Waals surface area contributed by atoms with Crippen molar-refractivity contribution in [2.24, 2.45) is 5.73 Å². The van der Waals surface area contributed by atoms with Crippen molar-refractivity contribution in [2.45, 2.75) is 32.9 Å². The standard InChI is InChI=1S/C15H19N5/c1-15(2,3)20-13-5-4-10(9-16)8-12(13)18-14(20)11-6-7-17-19-11/h4-8H,9,16H2,1-3H3,(H,17,19). The molecule has 0 amide bonds. The Labute approximate surface area is 117 Å². The Balaban J connectivity index is 2.33. The van der Waals surface area contributed by atoms with Crippen LogP contribution in [0.2, 0.25) is 0 Å². The maximum absolute atomic E-state index is 5.72. The van der Waals surface area contributed by atoms with Gasteiger partial charge in [-0.2, -0.15) is 5.10 Å². The second-order valence-corrected chi connectivity index (χ2v) is 5.94. The molecule has 0 saturated heterocycles. The van der Waals surface area contributed by atoms with E-state index in [2.05, 4.69) is 53.7 Å². The Morgan fingerprint density at radius 3 is 2.65 bits per heavy atom. The molecule has 0 aliphatic heterocycles. The first kappa shape index (κ1) is 12.9. The van der Waals surface area contributed by atoms with Gasteiger partial charge in [0, 0.05) is 18.3 Å². The van der Waals surface area contributed by atoms with Gasteiger partial charge >= 0.3 is 0 Å². The molecule has 5 heteroatoms. The Hall–Kier alpha value is -2.14. The molecule has 1 aromatic carbocycles. The molecule has 3 N–H and O–H groups in total. The summed E-state index contributed by atoms with van der Waals surface area (Å²) in [5, 5.41) is 7.02.